The minimum Gasteiger partial charge on any atom is -0.329 e. The summed E-state index contributed by atoms with van der Waals surface area (Å²) in [7, 11) is -2.06. The second-order valence-corrected chi connectivity index (χ2v) is 10.1. The number of halogens is 1. The Morgan fingerprint density at radius 1 is 1.13 bits per heavy atom. The zero-order valence-corrected chi connectivity index (χ0v) is 18.4. The standard InChI is InChI=1S/C21H21FN4O3S2/c1-25-13-10-23-21(25)30-17-7-5-16(6-8-17)24-20(27)15-4-9-18(22)19(14-15)31(28,29)26-11-2-3-12-26/h4-10,13-14H,2-3,11-12H2,1H3,(H,24,27). The van der Waals surface area contributed by atoms with E-state index in [1.807, 2.05) is 29.9 Å². The van der Waals surface area contributed by atoms with Gasteiger partial charge in [-0.05, 0) is 55.3 Å². The van der Waals surface area contributed by atoms with Gasteiger partial charge in [-0.15, -0.1) is 0 Å². The number of hydrogen-bond acceptors (Lipinski definition) is 5. The molecule has 162 valence electrons. The van der Waals surface area contributed by atoms with Crippen molar-refractivity contribution in [1.29, 1.82) is 0 Å². The first kappa shape index (κ1) is 21.5. The Labute approximate surface area is 184 Å². The number of nitrogens with zero attached hydrogens (tertiary/aromatic N) is 3. The van der Waals surface area contributed by atoms with E-state index in [-0.39, 0.29) is 5.56 Å². The fourth-order valence-electron chi connectivity index (χ4n) is 3.28. The van der Waals surface area contributed by atoms with Crippen LogP contribution in [0, 0.1) is 5.82 Å². The zero-order valence-electron chi connectivity index (χ0n) is 16.8. The van der Waals surface area contributed by atoms with Crippen LogP contribution in [0.3, 0.4) is 0 Å². The van der Waals surface area contributed by atoms with Gasteiger partial charge >= 0.3 is 0 Å². The van der Waals surface area contributed by atoms with Gasteiger partial charge in [-0.25, -0.2) is 17.8 Å². The number of hydrogen-bond donors (Lipinski definition) is 1. The average Bonchev–Trinajstić information content (AvgIpc) is 3.42. The molecule has 2 aromatic carbocycles. The van der Waals surface area contributed by atoms with Crippen LogP contribution < -0.4 is 5.32 Å². The molecule has 3 aromatic rings. The first-order valence-electron chi connectivity index (χ1n) is 9.71. The normalized spacial score (nSPS) is 14.6. The number of sulfonamides is 1. The molecule has 1 fully saturated rings. The lowest BCUT2D eigenvalue weighted by Crippen LogP contribution is -2.29. The molecule has 1 aliphatic heterocycles. The van der Waals surface area contributed by atoms with E-state index in [2.05, 4.69) is 10.3 Å². The molecule has 31 heavy (non-hydrogen) atoms. The molecule has 0 bridgehead atoms. The smallest absolute Gasteiger partial charge is 0.255 e. The monoisotopic (exact) mass is 460 g/mol. The second-order valence-electron chi connectivity index (χ2n) is 7.16. The van der Waals surface area contributed by atoms with E-state index in [9.17, 15) is 17.6 Å². The summed E-state index contributed by atoms with van der Waals surface area (Å²) in [6.45, 7) is 0.724. The molecule has 0 unspecified atom stereocenters. The topological polar surface area (TPSA) is 84.3 Å². The molecule has 7 nitrogen and oxygen atoms in total. The number of aryl methyl sites for hydroxylation is 1. The van der Waals surface area contributed by atoms with Gasteiger partial charge < -0.3 is 9.88 Å². The lowest BCUT2D eigenvalue weighted by atomic mass is 10.2. The number of benzene rings is 2. The van der Waals surface area contributed by atoms with Crippen molar-refractivity contribution >= 4 is 33.4 Å². The van der Waals surface area contributed by atoms with Crippen molar-refractivity contribution in [3.05, 3.63) is 66.2 Å². The van der Waals surface area contributed by atoms with Crippen molar-refractivity contribution in [2.24, 2.45) is 7.05 Å². The molecule has 1 amide bonds. The van der Waals surface area contributed by atoms with Crippen molar-refractivity contribution in [1.82, 2.24) is 13.9 Å². The summed E-state index contributed by atoms with van der Waals surface area (Å²) in [5, 5.41) is 3.57. The Balaban J connectivity index is 1.49. The van der Waals surface area contributed by atoms with Crippen LogP contribution in [0.5, 0.6) is 0 Å². The highest BCUT2D eigenvalue weighted by molar-refractivity contribution is 7.99. The van der Waals surface area contributed by atoms with Gasteiger partial charge in [-0.2, -0.15) is 4.31 Å². The van der Waals surface area contributed by atoms with Gasteiger partial charge in [0, 0.05) is 48.7 Å². The molecule has 0 spiro atoms. The Kier molecular flexibility index (Phi) is 6.12. The van der Waals surface area contributed by atoms with E-state index < -0.39 is 26.6 Å². The summed E-state index contributed by atoms with van der Waals surface area (Å²) in [5.74, 6) is -1.37. The van der Waals surface area contributed by atoms with E-state index in [4.69, 9.17) is 0 Å². The summed E-state index contributed by atoms with van der Waals surface area (Å²) in [4.78, 5) is 17.4. The Morgan fingerprint density at radius 2 is 1.84 bits per heavy atom. The van der Waals surface area contributed by atoms with E-state index in [1.165, 1.54) is 22.1 Å². The first-order chi connectivity index (χ1) is 14.8. The predicted molar refractivity (Wildman–Crippen MR) is 116 cm³/mol. The Morgan fingerprint density at radius 3 is 2.48 bits per heavy atom. The van der Waals surface area contributed by atoms with Crippen LogP contribution in [0.2, 0.25) is 0 Å². The van der Waals surface area contributed by atoms with Crippen molar-refractivity contribution in [2.45, 2.75) is 27.8 Å². The van der Waals surface area contributed by atoms with Crippen LogP contribution in [-0.4, -0.2) is 41.3 Å². The van der Waals surface area contributed by atoms with Crippen molar-refractivity contribution in [2.75, 3.05) is 18.4 Å². The third-order valence-corrected chi connectivity index (χ3v) is 7.97. The largest absolute Gasteiger partial charge is 0.329 e. The SMILES string of the molecule is Cn1ccnc1Sc1ccc(NC(=O)c2ccc(F)c(S(=O)(=O)N3CCCC3)c2)cc1. The van der Waals surface area contributed by atoms with Crippen molar-refractivity contribution < 1.29 is 17.6 Å². The van der Waals surface area contributed by atoms with Gasteiger partial charge in [0.05, 0.1) is 0 Å². The van der Waals surface area contributed by atoms with Crippen molar-refractivity contribution in [3.8, 4) is 0 Å². The molecule has 0 atom stereocenters. The van der Waals surface area contributed by atoms with Crippen LogP contribution in [0.25, 0.3) is 0 Å². The maximum atomic E-state index is 14.3. The van der Waals surface area contributed by atoms with Crippen LogP contribution in [-0.2, 0) is 17.1 Å². The van der Waals surface area contributed by atoms with Gasteiger partial charge in [0.15, 0.2) is 5.16 Å². The highest BCUT2D eigenvalue weighted by atomic mass is 32.2. The molecule has 1 N–H and O–H groups in total. The van der Waals surface area contributed by atoms with Crippen LogP contribution in [0.15, 0.2) is 69.8 Å². The molecule has 10 heteroatoms. The third-order valence-electron chi connectivity index (χ3n) is 4.97. The highest BCUT2D eigenvalue weighted by Crippen LogP contribution is 2.27. The summed E-state index contributed by atoms with van der Waals surface area (Å²) in [5.41, 5.74) is 0.619. The molecule has 4 rings (SSSR count). The highest BCUT2D eigenvalue weighted by Gasteiger charge is 2.30. The summed E-state index contributed by atoms with van der Waals surface area (Å²) in [6.07, 6.45) is 5.07. The molecule has 2 heterocycles. The minimum absolute atomic E-state index is 0.0747. The molecule has 1 aliphatic rings. The van der Waals surface area contributed by atoms with E-state index in [0.717, 1.165) is 35.0 Å². The molecule has 1 aromatic heterocycles. The maximum absolute atomic E-state index is 14.3. The summed E-state index contributed by atoms with van der Waals surface area (Å²) >= 11 is 1.49. The number of anilines is 1. The lowest BCUT2D eigenvalue weighted by Gasteiger charge is -2.16. The Bertz CT molecular complexity index is 1200. The molecule has 0 saturated carbocycles. The van der Waals surface area contributed by atoms with E-state index in [0.29, 0.717) is 18.8 Å². The van der Waals surface area contributed by atoms with Gasteiger partial charge in [-0.3, -0.25) is 4.79 Å². The molecular formula is C21H21FN4O3S2. The van der Waals surface area contributed by atoms with Crippen LogP contribution in [0.4, 0.5) is 10.1 Å². The molecule has 0 radical (unpaired) electrons. The average molecular weight is 461 g/mol. The van der Waals surface area contributed by atoms with Gasteiger partial charge in [0.1, 0.15) is 10.7 Å². The number of nitrogens with one attached hydrogen (secondary N) is 1. The fraction of sp³-hybridized carbons (Fsp3) is 0.238. The van der Waals surface area contributed by atoms with Crippen molar-refractivity contribution in [3.63, 3.8) is 0 Å². The second kappa shape index (κ2) is 8.81. The fourth-order valence-corrected chi connectivity index (χ4v) is 5.68. The third kappa shape index (κ3) is 4.65. The number of amides is 1. The quantitative estimate of drug-likeness (QED) is 0.606. The van der Waals surface area contributed by atoms with E-state index in [1.54, 1.807) is 18.3 Å². The maximum Gasteiger partial charge on any atom is 0.255 e. The van der Waals surface area contributed by atoms with Crippen LogP contribution in [0.1, 0.15) is 23.2 Å². The minimum atomic E-state index is -3.96. The van der Waals surface area contributed by atoms with E-state index >= 15 is 0 Å². The summed E-state index contributed by atoms with van der Waals surface area (Å²) in [6, 6.07) is 10.6. The Hall–Kier alpha value is -2.69. The first-order valence-corrected chi connectivity index (χ1v) is 12.0. The zero-order chi connectivity index (χ0) is 22.0. The number of carbonyl (C=O) groups is 1. The number of aromatic nitrogens is 2. The number of carbonyl (C=O) groups excluding carboxylic acids is 1. The predicted octanol–water partition coefficient (Wildman–Crippen LogP) is 3.75. The van der Waals surface area contributed by atoms with Gasteiger partial charge in [0.2, 0.25) is 10.0 Å². The molecule has 0 aliphatic carbocycles. The molecule has 1 saturated heterocycles. The van der Waals surface area contributed by atoms with Gasteiger partial charge in [-0.1, -0.05) is 11.8 Å². The number of imidazole rings is 1. The number of rotatable bonds is 6. The van der Waals surface area contributed by atoms with Gasteiger partial charge in [0.25, 0.3) is 5.91 Å². The lowest BCUT2D eigenvalue weighted by molar-refractivity contribution is 0.102. The van der Waals surface area contributed by atoms with Crippen LogP contribution >= 0.6 is 11.8 Å². The molecular weight excluding hydrogens is 439 g/mol. The summed E-state index contributed by atoms with van der Waals surface area (Å²) < 4.78 is 42.9.